The van der Waals surface area contributed by atoms with Crippen LogP contribution < -0.4 is 0 Å². The third-order valence-electron chi connectivity index (χ3n) is 0. The first-order valence-electron chi connectivity index (χ1n) is 0. The van der Waals surface area contributed by atoms with Crippen LogP contribution >= 0.6 is 0 Å². The predicted molar refractivity (Wildman–Crippen MR) is 2.06 cm³/mol. The molecule has 0 saturated carbocycles. The molecular weight excluding hydrogens is 264 g/mol. The molecule has 2 radical (unpaired) electrons. The van der Waals surface area contributed by atoms with Gasteiger partial charge in [0.2, 0.25) is 0 Å². The maximum atomic E-state index is 0. The molecular formula is Cr2Fe2O3. The van der Waals surface area contributed by atoms with E-state index in [1.54, 1.807) is 0 Å². The topological polar surface area (TPSA) is 85.5 Å². The van der Waals surface area contributed by atoms with Gasteiger partial charge in [-0.15, -0.1) is 0 Å². The molecule has 46 valence electrons. The molecule has 0 atom stereocenters. The fourth-order valence-electron chi connectivity index (χ4n) is 0. The first-order chi connectivity index (χ1) is 0. The summed E-state index contributed by atoms with van der Waals surface area (Å²) in [6.07, 6.45) is 0. The summed E-state index contributed by atoms with van der Waals surface area (Å²) in [5.41, 5.74) is 0. The summed E-state index contributed by atoms with van der Waals surface area (Å²) in [7, 11) is 0. The molecule has 0 N–H and O–H groups in total. The van der Waals surface area contributed by atoms with Crippen LogP contribution in [-0.2, 0) is 85.3 Å². The van der Waals surface area contributed by atoms with Crippen molar-refractivity contribution in [3.63, 3.8) is 0 Å². The minimum absolute atomic E-state index is 0. The molecule has 3 nitrogen and oxygen atoms in total. The summed E-state index contributed by atoms with van der Waals surface area (Å²) in [6, 6.07) is 0. The maximum absolute atomic E-state index is 0. The van der Waals surface area contributed by atoms with Crippen LogP contribution in [0.25, 0.3) is 0 Å². The summed E-state index contributed by atoms with van der Waals surface area (Å²) in [6.45, 7) is 0. The van der Waals surface area contributed by atoms with E-state index in [0.29, 0.717) is 0 Å². The van der Waals surface area contributed by atoms with Gasteiger partial charge >= 0.3 is 34.7 Å². The van der Waals surface area contributed by atoms with Gasteiger partial charge in [-0.1, -0.05) is 0 Å². The molecule has 0 aliphatic carbocycles. The third-order valence-corrected chi connectivity index (χ3v) is 0. The molecule has 0 aliphatic rings. The number of hydrogen-bond acceptors (Lipinski definition) is 0. The molecule has 0 aliphatic heterocycles. The molecule has 0 unspecified atom stereocenters. The van der Waals surface area contributed by atoms with Crippen LogP contribution in [0.1, 0.15) is 0 Å². The Balaban J connectivity index is 0. The van der Waals surface area contributed by atoms with Crippen molar-refractivity contribution < 1.29 is 85.3 Å². The second-order valence-corrected chi connectivity index (χ2v) is 0. The molecule has 0 aromatic heterocycles. The quantitative estimate of drug-likeness (QED) is 0.534. The van der Waals surface area contributed by atoms with E-state index in [2.05, 4.69) is 0 Å². The molecule has 7 heavy (non-hydrogen) atoms. The Kier molecular flexibility index (Phi) is 2060. The molecule has 0 saturated heterocycles. The molecule has 0 heterocycles. The molecule has 0 rings (SSSR count). The van der Waals surface area contributed by atoms with Gasteiger partial charge in [0.1, 0.15) is 0 Å². The van der Waals surface area contributed by atoms with Gasteiger partial charge in [-0.3, -0.25) is 0 Å². The molecule has 0 aromatic carbocycles. The normalized spacial score (nSPS) is 0. The van der Waals surface area contributed by atoms with Crippen molar-refractivity contribution in [2.75, 3.05) is 0 Å². The Morgan fingerprint density at radius 3 is 0.429 bits per heavy atom. The van der Waals surface area contributed by atoms with Crippen molar-refractivity contribution in [1.82, 2.24) is 0 Å². The zero-order valence-corrected chi connectivity index (χ0v) is 7.51. The van der Waals surface area contributed by atoms with E-state index >= 15 is 0 Å². The van der Waals surface area contributed by atoms with E-state index in [9.17, 15) is 0 Å². The Bertz CT molecular complexity index is 10.9. The first-order valence-corrected chi connectivity index (χ1v) is 0. The Morgan fingerprint density at radius 1 is 0.429 bits per heavy atom. The van der Waals surface area contributed by atoms with Gasteiger partial charge in [0.15, 0.2) is 0 Å². The monoisotopic (exact) mass is 264 g/mol. The Labute approximate surface area is 84.7 Å². The van der Waals surface area contributed by atoms with Gasteiger partial charge in [-0.05, 0) is 0 Å². The second kappa shape index (κ2) is 98.9. The van der Waals surface area contributed by atoms with Crippen molar-refractivity contribution in [2.24, 2.45) is 0 Å². The van der Waals surface area contributed by atoms with E-state index in [-0.39, 0.29) is 85.3 Å². The summed E-state index contributed by atoms with van der Waals surface area (Å²) in [5.74, 6) is 0. The predicted octanol–water partition coefficient (Wildman–Crippen LogP) is -0.366. The second-order valence-electron chi connectivity index (χ2n) is 0. The molecule has 0 bridgehead atoms. The van der Waals surface area contributed by atoms with Crippen molar-refractivity contribution >= 4 is 0 Å². The van der Waals surface area contributed by atoms with Gasteiger partial charge in [0.25, 0.3) is 0 Å². The summed E-state index contributed by atoms with van der Waals surface area (Å²) >= 11 is 0. The van der Waals surface area contributed by atoms with Crippen molar-refractivity contribution in [3.8, 4) is 0 Å². The minimum Gasteiger partial charge on any atom is -2.00 e. The SMILES string of the molecule is [Cr+3].[Cr+3].[Fe].[Fe].[O-2].[O-2].[O-2]. The summed E-state index contributed by atoms with van der Waals surface area (Å²) < 4.78 is 0. The summed E-state index contributed by atoms with van der Waals surface area (Å²) in [4.78, 5) is 0. The van der Waals surface area contributed by atoms with Gasteiger partial charge < -0.3 is 16.4 Å². The van der Waals surface area contributed by atoms with Gasteiger partial charge in [0.05, 0.1) is 0 Å². The smallest absolute Gasteiger partial charge is 2.00 e. The van der Waals surface area contributed by atoms with Gasteiger partial charge in [-0.2, -0.15) is 0 Å². The third kappa shape index (κ3) is 72.6. The van der Waals surface area contributed by atoms with E-state index in [0.717, 1.165) is 0 Å². The summed E-state index contributed by atoms with van der Waals surface area (Å²) in [5, 5.41) is 0. The average molecular weight is 264 g/mol. The van der Waals surface area contributed by atoms with E-state index in [1.807, 2.05) is 0 Å². The van der Waals surface area contributed by atoms with Crippen molar-refractivity contribution in [3.05, 3.63) is 0 Å². The molecule has 0 spiro atoms. The molecule has 0 fully saturated rings. The molecule has 7 heteroatoms. The standard InChI is InChI=1S/2Cr.2Fe.3O/q2*+3;;;3*-2. The Hall–Kier alpha value is 1.98. The number of hydrogen-bond donors (Lipinski definition) is 0. The van der Waals surface area contributed by atoms with E-state index in [1.165, 1.54) is 0 Å². The zero-order valence-electron chi connectivity index (χ0n) is 2.75. The molecule has 0 amide bonds. The van der Waals surface area contributed by atoms with Crippen LogP contribution in [0.4, 0.5) is 0 Å². The van der Waals surface area contributed by atoms with E-state index in [4.69, 9.17) is 0 Å². The molecule has 0 aromatic rings. The van der Waals surface area contributed by atoms with Crippen molar-refractivity contribution in [1.29, 1.82) is 0 Å². The van der Waals surface area contributed by atoms with Crippen LogP contribution in [-0.4, -0.2) is 0 Å². The van der Waals surface area contributed by atoms with Crippen LogP contribution in [0.3, 0.4) is 0 Å². The first kappa shape index (κ1) is 145. The van der Waals surface area contributed by atoms with Gasteiger partial charge in [-0.25, -0.2) is 0 Å². The fraction of sp³-hybridized carbons (Fsp3) is 0. The van der Waals surface area contributed by atoms with E-state index < -0.39 is 0 Å². The minimum atomic E-state index is 0. The van der Waals surface area contributed by atoms with Gasteiger partial charge in [0, 0.05) is 34.1 Å². The van der Waals surface area contributed by atoms with Crippen LogP contribution in [0.5, 0.6) is 0 Å². The Morgan fingerprint density at radius 2 is 0.429 bits per heavy atom. The van der Waals surface area contributed by atoms with Crippen LogP contribution in [0.2, 0.25) is 0 Å². The fourth-order valence-corrected chi connectivity index (χ4v) is 0. The maximum Gasteiger partial charge on any atom is 3.00 e. The average Bonchev–Trinajstić information content (AvgIpc) is 0. The van der Waals surface area contributed by atoms with Crippen molar-refractivity contribution in [2.45, 2.75) is 0 Å². The van der Waals surface area contributed by atoms with Crippen LogP contribution in [0, 0.1) is 0 Å². The zero-order chi connectivity index (χ0) is 0. The largest absolute Gasteiger partial charge is 3.00 e. The number of rotatable bonds is 0. The van der Waals surface area contributed by atoms with Crippen LogP contribution in [0.15, 0.2) is 0 Å².